The Hall–Kier alpha value is -3.31. The van der Waals surface area contributed by atoms with E-state index in [1.807, 2.05) is 0 Å². The molecule has 0 saturated carbocycles. The van der Waals surface area contributed by atoms with Crippen LogP contribution in [0.2, 0.25) is 0 Å². The predicted octanol–water partition coefficient (Wildman–Crippen LogP) is 3.62. The number of thiophene rings is 1. The van der Waals surface area contributed by atoms with Gasteiger partial charge < -0.3 is 10.1 Å². The summed E-state index contributed by atoms with van der Waals surface area (Å²) in [5.74, 6) is -3.49. The lowest BCUT2D eigenvalue weighted by Gasteiger charge is -2.12. The molecule has 0 radical (unpaired) electrons. The van der Waals surface area contributed by atoms with E-state index < -0.39 is 45.8 Å². The summed E-state index contributed by atoms with van der Waals surface area (Å²) in [6.45, 7) is -0.791. The highest BCUT2D eigenvalue weighted by atomic mass is 32.2. The van der Waals surface area contributed by atoms with E-state index in [0.717, 1.165) is 29.5 Å². The zero-order chi connectivity index (χ0) is 21.7. The minimum atomic E-state index is -3.90. The van der Waals surface area contributed by atoms with Crippen LogP contribution >= 0.6 is 11.3 Å². The first-order chi connectivity index (χ1) is 14.3. The van der Waals surface area contributed by atoms with Crippen LogP contribution < -0.4 is 10.0 Å². The molecule has 0 atom stereocenters. The third-order valence-electron chi connectivity index (χ3n) is 3.69. The van der Waals surface area contributed by atoms with Crippen LogP contribution in [0.15, 0.2) is 64.2 Å². The van der Waals surface area contributed by atoms with Crippen molar-refractivity contribution in [2.24, 2.45) is 0 Å². The SMILES string of the molecule is O=C(COC(=O)c1ccccc1NS(=O)(=O)c1cccs1)Nc1cc(F)ccc1F. The molecular weight excluding hydrogens is 438 g/mol. The number of benzene rings is 2. The molecule has 3 rings (SSSR count). The number of hydrogen-bond acceptors (Lipinski definition) is 6. The van der Waals surface area contributed by atoms with Crippen LogP contribution in [0.5, 0.6) is 0 Å². The van der Waals surface area contributed by atoms with Gasteiger partial charge in [-0.3, -0.25) is 9.52 Å². The molecule has 0 aliphatic heterocycles. The molecule has 7 nitrogen and oxygen atoms in total. The van der Waals surface area contributed by atoms with Crippen LogP contribution in [0.3, 0.4) is 0 Å². The average Bonchev–Trinajstić information content (AvgIpc) is 3.25. The third-order valence-corrected chi connectivity index (χ3v) is 6.45. The van der Waals surface area contributed by atoms with E-state index in [2.05, 4.69) is 10.0 Å². The van der Waals surface area contributed by atoms with Crippen molar-refractivity contribution in [3.8, 4) is 0 Å². The second-order valence-corrected chi connectivity index (χ2v) is 8.69. The number of carbonyl (C=O) groups is 2. The summed E-state index contributed by atoms with van der Waals surface area (Å²) in [6, 6.07) is 11.2. The summed E-state index contributed by atoms with van der Waals surface area (Å²) in [4.78, 5) is 24.2. The number of anilines is 2. The molecule has 2 N–H and O–H groups in total. The average molecular weight is 452 g/mol. The largest absolute Gasteiger partial charge is 0.452 e. The van der Waals surface area contributed by atoms with Gasteiger partial charge in [0.1, 0.15) is 15.8 Å². The second kappa shape index (κ2) is 9.01. The van der Waals surface area contributed by atoms with Crippen molar-refractivity contribution in [3.05, 3.63) is 77.2 Å². The van der Waals surface area contributed by atoms with Crippen molar-refractivity contribution >= 4 is 44.6 Å². The summed E-state index contributed by atoms with van der Waals surface area (Å²) >= 11 is 1.00. The maximum Gasteiger partial charge on any atom is 0.340 e. The highest BCUT2D eigenvalue weighted by Gasteiger charge is 2.20. The van der Waals surface area contributed by atoms with Crippen LogP contribution in [0.1, 0.15) is 10.4 Å². The maximum absolute atomic E-state index is 13.6. The molecule has 0 aliphatic carbocycles. The Morgan fingerprint density at radius 1 is 1.00 bits per heavy atom. The summed E-state index contributed by atoms with van der Waals surface area (Å²) in [7, 11) is -3.90. The van der Waals surface area contributed by atoms with E-state index in [0.29, 0.717) is 0 Å². The monoisotopic (exact) mass is 452 g/mol. The Balaban J connectivity index is 1.67. The first-order valence-electron chi connectivity index (χ1n) is 8.33. The fourth-order valence-electron chi connectivity index (χ4n) is 2.35. The maximum atomic E-state index is 13.6. The van der Waals surface area contributed by atoms with Gasteiger partial charge in [0.2, 0.25) is 0 Å². The normalized spacial score (nSPS) is 11.0. The molecule has 0 fully saturated rings. The number of hydrogen-bond donors (Lipinski definition) is 2. The molecule has 30 heavy (non-hydrogen) atoms. The Morgan fingerprint density at radius 3 is 2.50 bits per heavy atom. The molecule has 3 aromatic rings. The summed E-state index contributed by atoms with van der Waals surface area (Å²) < 4.78 is 58.7. The smallest absolute Gasteiger partial charge is 0.340 e. The standard InChI is InChI=1S/C19H14F2N2O5S2/c20-12-7-8-14(21)16(10-12)22-17(24)11-28-19(25)13-4-1-2-5-15(13)23-30(26,27)18-6-3-9-29-18/h1-10,23H,11H2,(H,22,24). The van der Waals surface area contributed by atoms with E-state index >= 15 is 0 Å². The van der Waals surface area contributed by atoms with Gasteiger partial charge in [-0.25, -0.2) is 22.0 Å². The van der Waals surface area contributed by atoms with Crippen LogP contribution in [0, 0.1) is 11.6 Å². The van der Waals surface area contributed by atoms with Crippen LogP contribution in [0.25, 0.3) is 0 Å². The molecule has 0 saturated heterocycles. The van der Waals surface area contributed by atoms with E-state index in [-0.39, 0.29) is 15.5 Å². The quantitative estimate of drug-likeness (QED) is 0.533. The first-order valence-corrected chi connectivity index (χ1v) is 10.7. The Kier molecular flexibility index (Phi) is 6.43. The van der Waals surface area contributed by atoms with Gasteiger partial charge in [0.15, 0.2) is 6.61 Å². The van der Waals surface area contributed by atoms with Crippen molar-refractivity contribution in [1.29, 1.82) is 0 Å². The number of halogens is 2. The van der Waals surface area contributed by atoms with Crippen molar-refractivity contribution in [1.82, 2.24) is 0 Å². The molecule has 11 heteroatoms. The fourth-order valence-corrected chi connectivity index (χ4v) is 4.42. The lowest BCUT2D eigenvalue weighted by atomic mass is 10.2. The predicted molar refractivity (Wildman–Crippen MR) is 107 cm³/mol. The topological polar surface area (TPSA) is 102 Å². The zero-order valence-electron chi connectivity index (χ0n) is 15.1. The number of esters is 1. The van der Waals surface area contributed by atoms with Gasteiger partial charge in [-0.2, -0.15) is 0 Å². The van der Waals surface area contributed by atoms with Crippen molar-refractivity contribution in [2.75, 3.05) is 16.6 Å². The summed E-state index contributed by atoms with van der Waals surface area (Å²) in [5.41, 5.74) is -0.560. The Labute approximate surface area is 174 Å². The number of ether oxygens (including phenoxy) is 1. The third kappa shape index (κ3) is 5.19. The van der Waals surface area contributed by atoms with Gasteiger partial charge in [-0.05, 0) is 35.7 Å². The molecule has 1 amide bonds. The van der Waals surface area contributed by atoms with Gasteiger partial charge >= 0.3 is 5.97 Å². The van der Waals surface area contributed by atoms with Gasteiger partial charge in [-0.15, -0.1) is 11.3 Å². The van der Waals surface area contributed by atoms with E-state index in [1.165, 1.54) is 30.3 Å². The van der Waals surface area contributed by atoms with E-state index in [4.69, 9.17) is 4.74 Å². The first kappa shape index (κ1) is 21.4. The minimum Gasteiger partial charge on any atom is -0.452 e. The van der Waals surface area contributed by atoms with Crippen LogP contribution in [-0.2, 0) is 19.6 Å². The Bertz CT molecular complexity index is 1180. The van der Waals surface area contributed by atoms with Crippen molar-refractivity contribution in [3.63, 3.8) is 0 Å². The van der Waals surface area contributed by atoms with Gasteiger partial charge in [0.05, 0.1) is 16.9 Å². The van der Waals surface area contributed by atoms with Crippen LogP contribution in [0.4, 0.5) is 20.2 Å². The number of amides is 1. The second-order valence-electron chi connectivity index (χ2n) is 5.83. The Morgan fingerprint density at radius 2 is 1.77 bits per heavy atom. The highest BCUT2D eigenvalue weighted by Crippen LogP contribution is 2.23. The number of carbonyl (C=O) groups excluding carboxylic acids is 2. The number of nitrogens with one attached hydrogen (secondary N) is 2. The van der Waals surface area contributed by atoms with Crippen molar-refractivity contribution in [2.45, 2.75) is 4.21 Å². The summed E-state index contributed by atoms with van der Waals surface area (Å²) in [6.07, 6.45) is 0. The van der Waals surface area contributed by atoms with Crippen LogP contribution in [-0.4, -0.2) is 26.9 Å². The number of sulfonamides is 1. The van der Waals surface area contributed by atoms with E-state index in [1.54, 1.807) is 11.4 Å². The molecule has 1 heterocycles. The highest BCUT2D eigenvalue weighted by molar-refractivity contribution is 7.94. The molecule has 2 aromatic carbocycles. The minimum absolute atomic E-state index is 0.0347. The van der Waals surface area contributed by atoms with Gasteiger partial charge in [0.25, 0.3) is 15.9 Å². The number of para-hydroxylation sites is 1. The van der Waals surface area contributed by atoms with Gasteiger partial charge in [0, 0.05) is 6.07 Å². The molecule has 0 bridgehead atoms. The lowest BCUT2D eigenvalue weighted by Crippen LogP contribution is -2.22. The fraction of sp³-hybridized carbons (Fsp3) is 0.0526. The molecule has 0 aliphatic rings. The molecule has 156 valence electrons. The number of rotatable bonds is 7. The molecule has 0 spiro atoms. The van der Waals surface area contributed by atoms with Gasteiger partial charge in [-0.1, -0.05) is 18.2 Å². The zero-order valence-corrected chi connectivity index (χ0v) is 16.7. The molecule has 0 unspecified atom stereocenters. The molecule has 1 aromatic heterocycles. The summed E-state index contributed by atoms with van der Waals surface area (Å²) in [5, 5.41) is 3.68. The lowest BCUT2D eigenvalue weighted by molar-refractivity contribution is -0.119. The van der Waals surface area contributed by atoms with E-state index in [9.17, 15) is 26.8 Å². The molecular formula is C19H14F2N2O5S2. The van der Waals surface area contributed by atoms with Crippen molar-refractivity contribution < 1.29 is 31.5 Å².